The Hall–Kier alpha value is -3.12. The van der Waals surface area contributed by atoms with Crippen LogP contribution in [0.1, 0.15) is 0 Å². The lowest BCUT2D eigenvalue weighted by atomic mass is 10.1. The van der Waals surface area contributed by atoms with Crippen molar-refractivity contribution in [3.05, 3.63) is 60.5 Å². The molecule has 5 nitrogen and oxygen atoms in total. The Morgan fingerprint density at radius 2 is 1.84 bits per heavy atom. The lowest BCUT2D eigenvalue weighted by Crippen LogP contribution is -1.86. The van der Waals surface area contributed by atoms with Gasteiger partial charge in [0.15, 0.2) is 0 Å². The molecule has 0 aliphatic heterocycles. The summed E-state index contributed by atoms with van der Waals surface area (Å²) in [6.45, 7) is 0. The van der Waals surface area contributed by atoms with E-state index in [9.17, 15) is 0 Å². The number of fused-ring (bicyclic) bond motifs is 2. The van der Waals surface area contributed by atoms with E-state index in [1.807, 2.05) is 31.6 Å². The lowest BCUT2D eigenvalue weighted by Gasteiger charge is -2.03. The first-order valence-corrected chi connectivity index (χ1v) is 8.74. The summed E-state index contributed by atoms with van der Waals surface area (Å²) in [4.78, 5) is 13.6. The molecule has 6 heteroatoms. The molecule has 1 aromatic carbocycles. The van der Waals surface area contributed by atoms with Crippen LogP contribution in [0.2, 0.25) is 0 Å². The lowest BCUT2D eigenvalue weighted by molar-refractivity contribution is 0.768. The Bertz CT molecular complexity index is 1220. The Labute approximate surface area is 147 Å². The molecular formula is C19H13N5S. The zero-order chi connectivity index (χ0) is 16.8. The van der Waals surface area contributed by atoms with Gasteiger partial charge in [-0.25, -0.2) is 4.98 Å². The summed E-state index contributed by atoms with van der Waals surface area (Å²) in [6.07, 6.45) is 7.25. The monoisotopic (exact) mass is 343 g/mol. The van der Waals surface area contributed by atoms with Gasteiger partial charge >= 0.3 is 0 Å². The molecule has 0 unspecified atom stereocenters. The number of hydrogen-bond acceptors (Lipinski definition) is 5. The molecule has 5 aromatic rings. The van der Waals surface area contributed by atoms with Crippen molar-refractivity contribution in [2.75, 3.05) is 0 Å². The Morgan fingerprint density at radius 1 is 0.960 bits per heavy atom. The van der Waals surface area contributed by atoms with E-state index in [0.29, 0.717) is 0 Å². The second-order valence-corrected chi connectivity index (χ2v) is 6.77. The second kappa shape index (κ2) is 5.46. The number of pyridine rings is 1. The molecule has 120 valence electrons. The molecule has 0 fully saturated rings. The molecule has 0 aliphatic carbocycles. The van der Waals surface area contributed by atoms with Gasteiger partial charge in [-0.3, -0.25) is 14.6 Å². The third-order valence-corrected chi connectivity index (χ3v) is 5.13. The molecule has 0 atom stereocenters. The van der Waals surface area contributed by atoms with E-state index >= 15 is 0 Å². The highest BCUT2D eigenvalue weighted by atomic mass is 32.1. The topological polar surface area (TPSA) is 56.5 Å². The molecule has 0 saturated carbocycles. The Kier molecular flexibility index (Phi) is 3.11. The molecular weight excluding hydrogens is 330 g/mol. The van der Waals surface area contributed by atoms with Crippen LogP contribution < -0.4 is 0 Å². The van der Waals surface area contributed by atoms with Gasteiger partial charge < -0.3 is 0 Å². The zero-order valence-electron chi connectivity index (χ0n) is 13.4. The van der Waals surface area contributed by atoms with Crippen molar-refractivity contribution in [1.82, 2.24) is 24.7 Å². The van der Waals surface area contributed by atoms with Crippen LogP contribution in [-0.2, 0) is 7.05 Å². The zero-order valence-corrected chi connectivity index (χ0v) is 14.2. The summed E-state index contributed by atoms with van der Waals surface area (Å²) in [6, 6.07) is 10.3. The van der Waals surface area contributed by atoms with Crippen LogP contribution in [-0.4, -0.2) is 24.7 Å². The van der Waals surface area contributed by atoms with Crippen molar-refractivity contribution in [1.29, 1.82) is 0 Å². The van der Waals surface area contributed by atoms with Gasteiger partial charge in [-0.2, -0.15) is 5.10 Å². The van der Waals surface area contributed by atoms with Gasteiger partial charge in [-0.15, -0.1) is 11.3 Å². The molecule has 0 saturated heterocycles. The molecule has 4 heterocycles. The van der Waals surface area contributed by atoms with Gasteiger partial charge in [0.2, 0.25) is 0 Å². The van der Waals surface area contributed by atoms with Crippen molar-refractivity contribution in [3.63, 3.8) is 0 Å². The van der Waals surface area contributed by atoms with Crippen molar-refractivity contribution >= 4 is 32.6 Å². The van der Waals surface area contributed by atoms with E-state index in [4.69, 9.17) is 4.98 Å². The van der Waals surface area contributed by atoms with Crippen LogP contribution >= 0.6 is 11.3 Å². The summed E-state index contributed by atoms with van der Waals surface area (Å²) in [5, 5.41) is 6.39. The maximum atomic E-state index is 4.90. The van der Waals surface area contributed by atoms with E-state index in [1.165, 1.54) is 4.70 Å². The van der Waals surface area contributed by atoms with Gasteiger partial charge in [-0.05, 0) is 29.8 Å². The van der Waals surface area contributed by atoms with Crippen molar-refractivity contribution in [3.8, 4) is 22.4 Å². The predicted octanol–water partition coefficient (Wildman–Crippen LogP) is 4.31. The molecule has 4 aromatic heterocycles. The fraction of sp³-hybridized carbons (Fsp3) is 0.0526. The third-order valence-electron chi connectivity index (χ3n) is 4.20. The average Bonchev–Trinajstić information content (AvgIpc) is 3.27. The fourth-order valence-corrected chi connectivity index (χ4v) is 3.87. The number of thiophene rings is 1. The largest absolute Gasteiger partial charge is 0.275 e. The van der Waals surface area contributed by atoms with Crippen LogP contribution in [0.25, 0.3) is 43.6 Å². The standard InChI is InChI=1S/C19H13N5S/c1-24-10-13(9-22-24)15-4-5-18-19(23-15)14(11-25-18)12-2-3-16-17(8-12)21-7-6-20-16/h2-11H,1H3. The van der Waals surface area contributed by atoms with E-state index in [2.05, 4.69) is 38.6 Å². The number of nitrogens with zero attached hydrogens (tertiary/aromatic N) is 5. The van der Waals surface area contributed by atoms with E-state index in [0.717, 1.165) is 38.9 Å². The quantitative estimate of drug-likeness (QED) is 0.479. The van der Waals surface area contributed by atoms with E-state index < -0.39 is 0 Å². The first-order valence-electron chi connectivity index (χ1n) is 7.86. The van der Waals surface area contributed by atoms with Crippen LogP contribution in [0.5, 0.6) is 0 Å². The van der Waals surface area contributed by atoms with Crippen molar-refractivity contribution in [2.45, 2.75) is 0 Å². The predicted molar refractivity (Wildman–Crippen MR) is 100 cm³/mol. The van der Waals surface area contributed by atoms with Crippen LogP contribution in [0.3, 0.4) is 0 Å². The molecule has 0 spiro atoms. The fourth-order valence-electron chi connectivity index (χ4n) is 2.96. The van der Waals surface area contributed by atoms with Gasteiger partial charge in [0.05, 0.1) is 33.1 Å². The first-order chi connectivity index (χ1) is 12.3. The third kappa shape index (κ3) is 2.38. The number of aromatic nitrogens is 5. The molecule has 0 bridgehead atoms. The highest BCUT2D eigenvalue weighted by molar-refractivity contribution is 7.17. The van der Waals surface area contributed by atoms with Gasteiger partial charge in [0.1, 0.15) is 0 Å². The van der Waals surface area contributed by atoms with E-state index in [1.54, 1.807) is 28.4 Å². The number of benzene rings is 1. The van der Waals surface area contributed by atoms with Gasteiger partial charge in [0, 0.05) is 42.1 Å². The summed E-state index contributed by atoms with van der Waals surface area (Å²) < 4.78 is 2.96. The highest BCUT2D eigenvalue weighted by Crippen LogP contribution is 2.35. The van der Waals surface area contributed by atoms with Crippen molar-refractivity contribution < 1.29 is 0 Å². The summed E-state index contributed by atoms with van der Waals surface area (Å²) in [5.41, 5.74) is 6.98. The number of aryl methyl sites for hydroxylation is 1. The highest BCUT2D eigenvalue weighted by Gasteiger charge is 2.11. The maximum absolute atomic E-state index is 4.90. The minimum absolute atomic E-state index is 0.891. The average molecular weight is 343 g/mol. The van der Waals surface area contributed by atoms with Crippen LogP contribution in [0.4, 0.5) is 0 Å². The molecule has 25 heavy (non-hydrogen) atoms. The number of hydrogen-bond donors (Lipinski definition) is 0. The first kappa shape index (κ1) is 14.2. The normalized spacial score (nSPS) is 11.4. The Morgan fingerprint density at radius 3 is 2.68 bits per heavy atom. The van der Waals surface area contributed by atoms with Gasteiger partial charge in [0.25, 0.3) is 0 Å². The second-order valence-electron chi connectivity index (χ2n) is 5.86. The molecule has 5 rings (SSSR count). The summed E-state index contributed by atoms with van der Waals surface area (Å²) in [5.74, 6) is 0. The molecule has 0 amide bonds. The minimum atomic E-state index is 0.891. The van der Waals surface area contributed by atoms with E-state index in [-0.39, 0.29) is 0 Å². The Balaban J connectivity index is 1.69. The van der Waals surface area contributed by atoms with Gasteiger partial charge in [-0.1, -0.05) is 6.07 Å². The molecule has 0 N–H and O–H groups in total. The van der Waals surface area contributed by atoms with Crippen LogP contribution in [0.15, 0.2) is 60.5 Å². The summed E-state index contributed by atoms with van der Waals surface area (Å²) >= 11 is 1.70. The SMILES string of the molecule is Cn1cc(-c2ccc3scc(-c4ccc5nccnc5c4)c3n2)cn1. The minimum Gasteiger partial charge on any atom is -0.275 e. The van der Waals surface area contributed by atoms with Crippen LogP contribution in [0, 0.1) is 0 Å². The number of rotatable bonds is 2. The summed E-state index contributed by atoms with van der Waals surface area (Å²) in [7, 11) is 1.91. The van der Waals surface area contributed by atoms with Crippen molar-refractivity contribution in [2.24, 2.45) is 7.05 Å². The molecule has 0 radical (unpaired) electrons. The smallest absolute Gasteiger partial charge is 0.0895 e. The maximum Gasteiger partial charge on any atom is 0.0895 e. The molecule has 0 aliphatic rings.